The third-order valence-corrected chi connectivity index (χ3v) is 5.57. The number of hydrogen-bond acceptors (Lipinski definition) is 4. The number of anilines is 2. The highest BCUT2D eigenvalue weighted by Gasteiger charge is 2.27. The topological polar surface area (TPSA) is 101 Å². The summed E-state index contributed by atoms with van der Waals surface area (Å²) >= 11 is 0. The van der Waals surface area contributed by atoms with Gasteiger partial charge in [-0.3, -0.25) is 9.52 Å². The molecule has 0 radical (unpaired) electrons. The van der Waals surface area contributed by atoms with E-state index in [1.165, 1.54) is 6.07 Å². The number of nitrogens with one attached hydrogen (secondary N) is 2. The smallest absolute Gasteiger partial charge is 0.262 e. The molecule has 0 aliphatic rings. The van der Waals surface area contributed by atoms with Crippen molar-refractivity contribution in [3.05, 3.63) is 54.1 Å². The third kappa shape index (κ3) is 4.83. The van der Waals surface area contributed by atoms with Gasteiger partial charge in [0.25, 0.3) is 10.0 Å². The number of sulfonamides is 1. The van der Waals surface area contributed by atoms with Gasteiger partial charge in [0.2, 0.25) is 5.91 Å². The SMILES string of the molecule is CCCC(C)(N)C(=O)Nc1ccc(C)c(S(=O)(=O)Nc2ccccc2)c1. The molecule has 1 atom stereocenters. The van der Waals surface area contributed by atoms with Gasteiger partial charge in [-0.25, -0.2) is 8.42 Å². The first-order chi connectivity index (χ1) is 12.2. The van der Waals surface area contributed by atoms with Gasteiger partial charge < -0.3 is 11.1 Å². The van der Waals surface area contributed by atoms with E-state index >= 15 is 0 Å². The highest BCUT2D eigenvalue weighted by atomic mass is 32.2. The third-order valence-electron chi connectivity index (χ3n) is 4.05. The van der Waals surface area contributed by atoms with Gasteiger partial charge in [-0.15, -0.1) is 0 Å². The average molecular weight is 375 g/mol. The van der Waals surface area contributed by atoms with Gasteiger partial charge in [0, 0.05) is 11.4 Å². The van der Waals surface area contributed by atoms with E-state index in [0.29, 0.717) is 23.4 Å². The maximum Gasteiger partial charge on any atom is 0.262 e. The van der Waals surface area contributed by atoms with Gasteiger partial charge in [0.15, 0.2) is 0 Å². The van der Waals surface area contributed by atoms with Gasteiger partial charge in [0.05, 0.1) is 10.4 Å². The fourth-order valence-electron chi connectivity index (χ4n) is 2.59. The summed E-state index contributed by atoms with van der Waals surface area (Å²) in [5, 5.41) is 2.71. The van der Waals surface area contributed by atoms with E-state index in [-0.39, 0.29) is 10.8 Å². The maximum absolute atomic E-state index is 12.7. The Hall–Kier alpha value is -2.38. The Morgan fingerprint density at radius 1 is 1.12 bits per heavy atom. The number of nitrogens with two attached hydrogens (primary N) is 1. The Bertz CT molecular complexity index is 878. The van der Waals surface area contributed by atoms with Crippen LogP contribution < -0.4 is 15.8 Å². The first-order valence-corrected chi connectivity index (χ1v) is 9.93. The molecule has 140 valence electrons. The van der Waals surface area contributed by atoms with Crippen molar-refractivity contribution in [2.24, 2.45) is 5.73 Å². The second-order valence-corrected chi connectivity index (χ2v) is 8.22. The number of para-hydroxylation sites is 1. The van der Waals surface area contributed by atoms with Crippen LogP contribution in [0, 0.1) is 6.92 Å². The number of carbonyl (C=O) groups excluding carboxylic acids is 1. The molecule has 1 unspecified atom stereocenters. The van der Waals surface area contributed by atoms with Crippen molar-refractivity contribution in [3.8, 4) is 0 Å². The lowest BCUT2D eigenvalue weighted by atomic mass is 9.96. The van der Waals surface area contributed by atoms with E-state index in [9.17, 15) is 13.2 Å². The molecule has 26 heavy (non-hydrogen) atoms. The van der Waals surface area contributed by atoms with Gasteiger partial charge in [-0.2, -0.15) is 0 Å². The number of benzene rings is 2. The van der Waals surface area contributed by atoms with Gasteiger partial charge in [0.1, 0.15) is 0 Å². The summed E-state index contributed by atoms with van der Waals surface area (Å²) in [7, 11) is -3.78. The van der Waals surface area contributed by atoms with Crippen LogP contribution in [0.1, 0.15) is 32.3 Å². The highest BCUT2D eigenvalue weighted by Crippen LogP contribution is 2.24. The Kier molecular flexibility index (Phi) is 6.05. The predicted octanol–water partition coefficient (Wildman–Crippen LogP) is 3.25. The lowest BCUT2D eigenvalue weighted by molar-refractivity contribution is -0.120. The first-order valence-electron chi connectivity index (χ1n) is 8.44. The molecule has 0 aliphatic heterocycles. The summed E-state index contributed by atoms with van der Waals surface area (Å²) in [6.07, 6.45) is 1.31. The quantitative estimate of drug-likeness (QED) is 0.691. The molecule has 0 spiro atoms. The van der Waals surface area contributed by atoms with E-state index < -0.39 is 15.6 Å². The fraction of sp³-hybridized carbons (Fsp3) is 0.316. The van der Waals surface area contributed by atoms with Crippen molar-refractivity contribution in [3.63, 3.8) is 0 Å². The molecular weight excluding hydrogens is 350 g/mol. The Labute approximate surface area is 154 Å². The summed E-state index contributed by atoms with van der Waals surface area (Å²) in [4.78, 5) is 12.5. The molecule has 0 fully saturated rings. The van der Waals surface area contributed by atoms with Crippen molar-refractivity contribution in [2.45, 2.75) is 44.0 Å². The zero-order chi connectivity index (χ0) is 19.4. The molecule has 6 nitrogen and oxygen atoms in total. The zero-order valence-corrected chi connectivity index (χ0v) is 16.1. The lowest BCUT2D eigenvalue weighted by Gasteiger charge is -2.23. The molecular formula is C19H25N3O3S. The molecule has 4 N–H and O–H groups in total. The molecule has 2 aromatic rings. The van der Waals surface area contributed by atoms with E-state index in [1.807, 2.05) is 6.92 Å². The van der Waals surface area contributed by atoms with Crippen LogP contribution in [0.5, 0.6) is 0 Å². The standard InChI is InChI=1S/C19H25N3O3S/c1-4-12-19(3,20)18(23)21-16-11-10-14(2)17(13-16)26(24,25)22-15-8-6-5-7-9-15/h5-11,13,22H,4,12,20H2,1-3H3,(H,21,23). The summed E-state index contributed by atoms with van der Waals surface area (Å²) in [6.45, 7) is 5.31. The molecule has 7 heteroatoms. The van der Waals surface area contributed by atoms with Gasteiger partial charge in [-0.1, -0.05) is 37.6 Å². The van der Waals surface area contributed by atoms with E-state index in [0.717, 1.165) is 6.42 Å². The Balaban J connectivity index is 2.28. The number of amides is 1. The van der Waals surface area contributed by atoms with Crippen molar-refractivity contribution in [1.82, 2.24) is 0 Å². The minimum atomic E-state index is -3.78. The average Bonchev–Trinajstić information content (AvgIpc) is 2.57. The molecule has 1 amide bonds. The minimum Gasteiger partial charge on any atom is -0.324 e. The van der Waals surface area contributed by atoms with Gasteiger partial charge >= 0.3 is 0 Å². The monoisotopic (exact) mass is 375 g/mol. The molecule has 0 saturated heterocycles. The van der Waals surface area contributed by atoms with E-state index in [4.69, 9.17) is 5.73 Å². The summed E-state index contributed by atoms with van der Waals surface area (Å²) < 4.78 is 28.0. The van der Waals surface area contributed by atoms with Crippen LogP contribution in [0.2, 0.25) is 0 Å². The summed E-state index contributed by atoms with van der Waals surface area (Å²) in [5.74, 6) is -0.345. The van der Waals surface area contributed by atoms with Crippen molar-refractivity contribution in [2.75, 3.05) is 10.0 Å². The van der Waals surface area contributed by atoms with E-state index in [1.54, 1.807) is 56.3 Å². The van der Waals surface area contributed by atoms with Crippen LogP contribution in [-0.2, 0) is 14.8 Å². The van der Waals surface area contributed by atoms with Gasteiger partial charge in [-0.05, 0) is 50.1 Å². The molecule has 0 aromatic heterocycles. The Morgan fingerprint density at radius 3 is 2.38 bits per heavy atom. The second-order valence-electron chi connectivity index (χ2n) is 6.57. The van der Waals surface area contributed by atoms with Crippen molar-refractivity contribution in [1.29, 1.82) is 0 Å². The van der Waals surface area contributed by atoms with Crippen LogP contribution in [0.15, 0.2) is 53.4 Å². The Morgan fingerprint density at radius 2 is 1.77 bits per heavy atom. The highest BCUT2D eigenvalue weighted by molar-refractivity contribution is 7.92. The normalized spacial score (nSPS) is 13.7. The minimum absolute atomic E-state index is 0.105. The van der Waals surface area contributed by atoms with Crippen LogP contribution in [-0.4, -0.2) is 19.9 Å². The van der Waals surface area contributed by atoms with Crippen LogP contribution in [0.4, 0.5) is 11.4 Å². The predicted molar refractivity (Wildman–Crippen MR) is 105 cm³/mol. The van der Waals surface area contributed by atoms with Crippen molar-refractivity contribution < 1.29 is 13.2 Å². The van der Waals surface area contributed by atoms with E-state index in [2.05, 4.69) is 10.0 Å². The molecule has 0 heterocycles. The summed E-state index contributed by atoms with van der Waals surface area (Å²) in [6, 6.07) is 13.4. The number of rotatable bonds is 7. The number of aryl methyl sites for hydroxylation is 1. The van der Waals surface area contributed by atoms with Crippen LogP contribution in [0.3, 0.4) is 0 Å². The molecule has 2 rings (SSSR count). The molecule has 0 aliphatic carbocycles. The molecule has 2 aromatic carbocycles. The molecule has 0 bridgehead atoms. The first kappa shape index (κ1) is 19.9. The largest absolute Gasteiger partial charge is 0.324 e. The maximum atomic E-state index is 12.7. The number of hydrogen-bond donors (Lipinski definition) is 3. The summed E-state index contributed by atoms with van der Waals surface area (Å²) in [5.41, 5.74) is 6.46. The number of carbonyl (C=O) groups is 1. The second kappa shape index (κ2) is 7.88. The molecule has 0 saturated carbocycles. The zero-order valence-electron chi connectivity index (χ0n) is 15.2. The lowest BCUT2D eigenvalue weighted by Crippen LogP contribution is -2.48. The van der Waals surface area contributed by atoms with Crippen LogP contribution >= 0.6 is 0 Å². The fourth-order valence-corrected chi connectivity index (χ4v) is 3.92. The van der Waals surface area contributed by atoms with Crippen LogP contribution in [0.25, 0.3) is 0 Å². The van der Waals surface area contributed by atoms with Crippen molar-refractivity contribution >= 4 is 27.3 Å².